The molecule has 1 N–H and O–H groups in total. The summed E-state index contributed by atoms with van der Waals surface area (Å²) in [7, 11) is 1.84. The number of hydrogen-bond donors (Lipinski definition) is 1. The molecule has 1 aliphatic heterocycles. The molecule has 1 aromatic heterocycles. The van der Waals surface area contributed by atoms with Crippen LogP contribution < -0.4 is 5.32 Å². The van der Waals surface area contributed by atoms with Crippen LogP contribution in [0.1, 0.15) is 26.3 Å². The predicted molar refractivity (Wildman–Crippen MR) is 99.9 cm³/mol. The van der Waals surface area contributed by atoms with Crippen molar-refractivity contribution < 1.29 is 4.74 Å². The van der Waals surface area contributed by atoms with Crippen LogP contribution >= 0.6 is 24.0 Å². The molecule has 7 heteroatoms. The van der Waals surface area contributed by atoms with Gasteiger partial charge in [-0.25, -0.2) is 4.98 Å². The third-order valence-electron chi connectivity index (χ3n) is 4.07. The number of ether oxygens (including phenoxy) is 1. The molecule has 1 saturated heterocycles. The van der Waals surface area contributed by atoms with Crippen LogP contribution in [0.3, 0.4) is 0 Å². The quantitative estimate of drug-likeness (QED) is 0.342. The highest BCUT2D eigenvalue weighted by atomic mass is 127. The Balaban J connectivity index is 0.00000242. The number of likely N-dealkylation sites (tertiary alicyclic amines) is 1. The van der Waals surface area contributed by atoms with E-state index in [4.69, 9.17) is 4.74 Å². The van der Waals surface area contributed by atoms with E-state index < -0.39 is 0 Å². The first kappa shape index (κ1) is 19.2. The predicted octanol–water partition coefficient (Wildman–Crippen LogP) is 2.00. The first-order valence-electron chi connectivity index (χ1n) is 7.77. The Morgan fingerprint density at radius 2 is 2.32 bits per heavy atom. The number of aliphatic imine (C=N–C) groups is 1. The van der Waals surface area contributed by atoms with Crippen molar-refractivity contribution in [3.63, 3.8) is 0 Å². The van der Waals surface area contributed by atoms with Crippen molar-refractivity contribution >= 4 is 29.9 Å². The molecule has 0 saturated carbocycles. The zero-order valence-corrected chi connectivity index (χ0v) is 16.1. The summed E-state index contributed by atoms with van der Waals surface area (Å²) in [4.78, 5) is 10.9. The van der Waals surface area contributed by atoms with E-state index in [1.165, 1.54) is 0 Å². The number of nitrogens with one attached hydrogen (secondary N) is 1. The molecule has 6 nitrogen and oxygen atoms in total. The molecular weight excluding hydrogens is 393 g/mol. The van der Waals surface area contributed by atoms with E-state index in [9.17, 15) is 0 Å². The van der Waals surface area contributed by atoms with Gasteiger partial charge in [0.05, 0.1) is 19.0 Å². The highest BCUT2D eigenvalue weighted by molar-refractivity contribution is 14.0. The summed E-state index contributed by atoms with van der Waals surface area (Å²) in [6.45, 7) is 8.59. The first-order chi connectivity index (χ1) is 10.3. The van der Waals surface area contributed by atoms with Gasteiger partial charge >= 0.3 is 0 Å². The van der Waals surface area contributed by atoms with Crippen LogP contribution in [0.4, 0.5) is 0 Å². The Kier molecular flexibility index (Phi) is 8.77. The largest absolute Gasteiger partial charge is 0.380 e. The van der Waals surface area contributed by atoms with Crippen molar-refractivity contribution in [3.05, 3.63) is 18.7 Å². The number of imidazole rings is 1. The van der Waals surface area contributed by atoms with Gasteiger partial charge in [0.2, 0.25) is 0 Å². The average molecular weight is 421 g/mol. The molecule has 0 aromatic carbocycles. The molecule has 0 aliphatic carbocycles. The summed E-state index contributed by atoms with van der Waals surface area (Å²) in [6, 6.07) is 0.451. The summed E-state index contributed by atoms with van der Waals surface area (Å²) < 4.78 is 7.58. The normalized spacial score (nSPS) is 22.3. The van der Waals surface area contributed by atoms with E-state index in [1.807, 2.05) is 26.5 Å². The third-order valence-corrected chi connectivity index (χ3v) is 4.07. The second kappa shape index (κ2) is 10.0. The Morgan fingerprint density at radius 1 is 1.50 bits per heavy atom. The smallest absolute Gasteiger partial charge is 0.193 e. The molecule has 22 heavy (non-hydrogen) atoms. The van der Waals surface area contributed by atoms with E-state index in [0.717, 1.165) is 38.6 Å². The zero-order chi connectivity index (χ0) is 15.1. The molecule has 0 bridgehead atoms. The van der Waals surface area contributed by atoms with Crippen LogP contribution in [-0.4, -0.2) is 60.3 Å². The van der Waals surface area contributed by atoms with Crippen molar-refractivity contribution in [1.82, 2.24) is 19.8 Å². The van der Waals surface area contributed by atoms with Gasteiger partial charge in [0.25, 0.3) is 0 Å². The van der Waals surface area contributed by atoms with Crippen LogP contribution in [0.15, 0.2) is 23.7 Å². The monoisotopic (exact) mass is 421 g/mol. The molecule has 1 aliphatic rings. The van der Waals surface area contributed by atoms with Crippen LogP contribution in [0, 0.1) is 5.92 Å². The lowest BCUT2D eigenvalue weighted by molar-refractivity contribution is 0.150. The standard InChI is InChI=1S/C15H27N5O.HI/c1-4-21-10-7-18-15(16-3)19-8-5-13(2)14(11-19)20-9-6-17-12-20;/h6,9,12-14H,4-5,7-8,10-11H2,1-3H3,(H,16,18);1H. The summed E-state index contributed by atoms with van der Waals surface area (Å²) in [5.74, 6) is 1.61. The fourth-order valence-electron chi connectivity index (χ4n) is 2.81. The van der Waals surface area contributed by atoms with Crippen molar-refractivity contribution in [1.29, 1.82) is 0 Å². The van der Waals surface area contributed by atoms with Crippen molar-refractivity contribution in [2.24, 2.45) is 10.9 Å². The average Bonchev–Trinajstić information content (AvgIpc) is 3.02. The molecule has 2 heterocycles. The van der Waals surface area contributed by atoms with Crippen molar-refractivity contribution in [2.75, 3.05) is 39.9 Å². The van der Waals surface area contributed by atoms with Gasteiger partial charge in [-0.1, -0.05) is 6.92 Å². The second-order valence-electron chi connectivity index (χ2n) is 5.46. The molecule has 2 atom stereocenters. The second-order valence-corrected chi connectivity index (χ2v) is 5.46. The van der Waals surface area contributed by atoms with Gasteiger partial charge in [0.15, 0.2) is 5.96 Å². The van der Waals surface area contributed by atoms with E-state index in [2.05, 4.69) is 37.9 Å². The lowest BCUT2D eigenvalue weighted by Gasteiger charge is -2.39. The van der Waals surface area contributed by atoms with Crippen LogP contribution in [0.2, 0.25) is 0 Å². The molecule has 1 fully saturated rings. The molecule has 2 unspecified atom stereocenters. The summed E-state index contributed by atoms with van der Waals surface area (Å²) in [5, 5.41) is 3.38. The van der Waals surface area contributed by atoms with Gasteiger partial charge < -0.3 is 19.5 Å². The zero-order valence-electron chi connectivity index (χ0n) is 13.7. The van der Waals surface area contributed by atoms with Gasteiger partial charge in [-0.05, 0) is 19.3 Å². The van der Waals surface area contributed by atoms with Crippen molar-refractivity contribution in [3.8, 4) is 0 Å². The lowest BCUT2D eigenvalue weighted by atomic mass is 9.93. The molecule has 0 radical (unpaired) electrons. The van der Waals surface area contributed by atoms with Gasteiger partial charge in [0, 0.05) is 45.7 Å². The number of rotatable bonds is 5. The fraction of sp³-hybridized carbons (Fsp3) is 0.733. The molecule has 0 amide bonds. The number of nitrogens with zero attached hydrogens (tertiary/aromatic N) is 4. The van der Waals surface area contributed by atoms with Gasteiger partial charge in [-0.3, -0.25) is 4.99 Å². The van der Waals surface area contributed by atoms with E-state index in [0.29, 0.717) is 18.6 Å². The number of halogens is 1. The maximum Gasteiger partial charge on any atom is 0.193 e. The van der Waals surface area contributed by atoms with Gasteiger partial charge in [-0.2, -0.15) is 0 Å². The van der Waals surface area contributed by atoms with E-state index in [-0.39, 0.29) is 24.0 Å². The molecule has 126 valence electrons. The SMILES string of the molecule is CCOCCNC(=NC)N1CCC(C)C(n2ccnc2)C1.I. The maximum absolute atomic E-state index is 5.36. The van der Waals surface area contributed by atoms with Gasteiger partial charge in [0.1, 0.15) is 0 Å². The Bertz CT molecular complexity index is 437. The topological polar surface area (TPSA) is 54.7 Å². The highest BCUT2D eigenvalue weighted by Gasteiger charge is 2.28. The fourth-order valence-corrected chi connectivity index (χ4v) is 2.81. The number of aromatic nitrogens is 2. The number of hydrogen-bond acceptors (Lipinski definition) is 3. The minimum absolute atomic E-state index is 0. The molecular formula is C15H28IN5O. The van der Waals surface area contributed by atoms with Crippen LogP contribution in [0.5, 0.6) is 0 Å². The van der Waals surface area contributed by atoms with Gasteiger partial charge in [-0.15, -0.1) is 24.0 Å². The van der Waals surface area contributed by atoms with E-state index >= 15 is 0 Å². The highest BCUT2D eigenvalue weighted by Crippen LogP contribution is 2.27. The summed E-state index contributed by atoms with van der Waals surface area (Å²) in [5.41, 5.74) is 0. The maximum atomic E-state index is 5.36. The molecule has 2 rings (SSSR count). The summed E-state index contributed by atoms with van der Waals surface area (Å²) >= 11 is 0. The number of guanidine groups is 1. The Labute approximate surface area is 150 Å². The summed E-state index contributed by atoms with van der Waals surface area (Å²) in [6.07, 6.45) is 6.97. The molecule has 0 spiro atoms. The molecule has 1 aromatic rings. The number of piperidine rings is 1. The third kappa shape index (κ3) is 5.12. The lowest BCUT2D eigenvalue weighted by Crippen LogP contribution is -2.49. The Morgan fingerprint density at radius 3 is 2.95 bits per heavy atom. The van der Waals surface area contributed by atoms with Crippen LogP contribution in [-0.2, 0) is 4.74 Å². The van der Waals surface area contributed by atoms with Crippen molar-refractivity contribution in [2.45, 2.75) is 26.3 Å². The van der Waals surface area contributed by atoms with Crippen LogP contribution in [0.25, 0.3) is 0 Å². The first-order valence-corrected chi connectivity index (χ1v) is 7.77. The minimum Gasteiger partial charge on any atom is -0.380 e. The van der Waals surface area contributed by atoms with E-state index in [1.54, 1.807) is 0 Å². The Hall–Kier alpha value is -0.830. The minimum atomic E-state index is 0.